The van der Waals surface area contributed by atoms with Crippen LogP contribution in [0.25, 0.3) is 0 Å². The van der Waals surface area contributed by atoms with Gasteiger partial charge in [-0.15, -0.1) is 4.91 Å². The average Bonchev–Trinajstić information content (AvgIpc) is 2.32. The van der Waals surface area contributed by atoms with Gasteiger partial charge in [0.2, 0.25) is 0 Å². The van der Waals surface area contributed by atoms with Crippen LogP contribution in [0.4, 0.5) is 5.69 Å². The molecule has 2 rings (SSSR count). The molecule has 1 saturated heterocycles. The molecule has 88 valence electrons. The van der Waals surface area contributed by atoms with E-state index in [0.717, 1.165) is 31.5 Å². The minimum Gasteiger partial charge on any atom is -0.488 e. The molecular weight excluding hydrogens is 215 g/mol. The van der Waals surface area contributed by atoms with Crippen LogP contribution in [0.5, 0.6) is 5.75 Å². The van der Waals surface area contributed by atoms with Crippen molar-refractivity contribution in [1.82, 2.24) is 4.81 Å². The lowest BCUT2D eigenvalue weighted by molar-refractivity contribution is 0.137. The summed E-state index contributed by atoms with van der Waals surface area (Å²) in [5, 5.41) is 3.04. The molecule has 0 aliphatic carbocycles. The van der Waals surface area contributed by atoms with Crippen molar-refractivity contribution in [2.24, 2.45) is 5.18 Å². The predicted molar refractivity (Wildman–Crippen MR) is 67.6 cm³/mol. The summed E-state index contributed by atoms with van der Waals surface area (Å²) < 4.78 is 5.83. The van der Waals surface area contributed by atoms with Gasteiger partial charge >= 0.3 is 0 Å². The van der Waals surface area contributed by atoms with Crippen LogP contribution in [0.3, 0.4) is 0 Å². The molecule has 4 nitrogen and oxygen atoms in total. The van der Waals surface area contributed by atoms with E-state index in [9.17, 15) is 4.91 Å². The molecule has 1 aromatic carbocycles. The zero-order chi connectivity index (χ0) is 12.3. The largest absolute Gasteiger partial charge is 0.488 e. The Labute approximate surface area is 102 Å². The minimum absolute atomic E-state index is 0.122. The van der Waals surface area contributed by atoms with Gasteiger partial charge in [-0.3, -0.25) is 0 Å². The van der Waals surface area contributed by atoms with Gasteiger partial charge in [0.15, 0.2) is 13.7 Å². The van der Waals surface area contributed by atoms with E-state index >= 15 is 0 Å². The van der Waals surface area contributed by atoms with Gasteiger partial charge in [0.25, 0.3) is 0 Å². The quantitative estimate of drug-likeness (QED) is 0.591. The molecule has 0 spiro atoms. The highest BCUT2D eigenvalue weighted by Crippen LogP contribution is 2.32. The lowest BCUT2D eigenvalue weighted by Gasteiger charge is -2.30. The third kappa shape index (κ3) is 2.85. The Hall–Kier alpha value is -1.36. The van der Waals surface area contributed by atoms with Gasteiger partial charge in [0.1, 0.15) is 11.9 Å². The van der Waals surface area contributed by atoms with Crippen LogP contribution < -0.4 is 4.74 Å². The summed E-state index contributed by atoms with van der Waals surface area (Å²) in [7, 11) is 5.68. The standard InChI is InChI=1S/C12H15BN2O2/c1-9-3-2-4-11(12(9)14-16)17-10-5-7-15(13)8-6-10/h2-4,10H,5-8H2,1H3. The second-order valence-corrected chi connectivity index (χ2v) is 4.37. The molecule has 0 saturated carbocycles. The smallest absolute Gasteiger partial charge is 0.182 e. The minimum atomic E-state index is 0.122. The maximum Gasteiger partial charge on any atom is 0.182 e. The molecule has 0 amide bonds. The number of ether oxygens (including phenoxy) is 1. The summed E-state index contributed by atoms with van der Waals surface area (Å²) in [6, 6.07) is 5.52. The molecule has 1 aliphatic heterocycles. The van der Waals surface area contributed by atoms with Crippen LogP contribution in [0.15, 0.2) is 23.4 Å². The maximum absolute atomic E-state index is 10.8. The van der Waals surface area contributed by atoms with Gasteiger partial charge < -0.3 is 9.55 Å². The summed E-state index contributed by atoms with van der Waals surface area (Å²) in [4.78, 5) is 12.6. The van der Waals surface area contributed by atoms with Crippen molar-refractivity contribution in [2.45, 2.75) is 25.9 Å². The van der Waals surface area contributed by atoms with Gasteiger partial charge in [0, 0.05) is 0 Å². The Morgan fingerprint density at radius 3 is 2.76 bits per heavy atom. The highest BCUT2D eigenvalue weighted by atomic mass is 16.5. The van der Waals surface area contributed by atoms with E-state index in [0.29, 0.717) is 11.4 Å². The SMILES string of the molecule is [B]N1CCC(Oc2cccc(C)c2N=O)CC1. The molecular formula is C12H15BN2O2. The predicted octanol–water partition coefficient (Wildman–Crippen LogP) is 2.32. The van der Waals surface area contributed by atoms with Crippen LogP contribution >= 0.6 is 0 Å². The number of hydrogen-bond donors (Lipinski definition) is 0. The van der Waals surface area contributed by atoms with E-state index < -0.39 is 0 Å². The van der Waals surface area contributed by atoms with Crippen molar-refractivity contribution < 1.29 is 4.74 Å². The zero-order valence-corrected chi connectivity index (χ0v) is 9.93. The molecule has 0 unspecified atom stereocenters. The van der Waals surface area contributed by atoms with Crippen LogP contribution in [0.1, 0.15) is 18.4 Å². The van der Waals surface area contributed by atoms with Crippen LogP contribution in [-0.2, 0) is 0 Å². The van der Waals surface area contributed by atoms with Gasteiger partial charge in [-0.05, 0) is 49.7 Å². The Balaban J connectivity index is 2.08. The highest BCUT2D eigenvalue weighted by molar-refractivity contribution is 6.04. The van der Waals surface area contributed by atoms with Gasteiger partial charge in [0.05, 0.1) is 0 Å². The van der Waals surface area contributed by atoms with Crippen molar-refractivity contribution in [1.29, 1.82) is 0 Å². The third-order valence-corrected chi connectivity index (χ3v) is 3.06. The number of nitroso groups, excluding NO2 is 1. The highest BCUT2D eigenvalue weighted by Gasteiger charge is 2.19. The van der Waals surface area contributed by atoms with E-state index in [-0.39, 0.29) is 6.10 Å². The number of aryl methyl sites for hydroxylation is 1. The Bertz CT molecular complexity index is 403. The monoisotopic (exact) mass is 230 g/mol. The molecule has 2 radical (unpaired) electrons. The molecule has 5 heteroatoms. The van der Waals surface area contributed by atoms with Crippen molar-refractivity contribution >= 4 is 13.7 Å². The number of benzene rings is 1. The second kappa shape index (κ2) is 5.32. The summed E-state index contributed by atoms with van der Waals surface area (Å²) in [5.74, 6) is 0.579. The van der Waals surface area contributed by atoms with E-state index in [4.69, 9.17) is 12.7 Å². The Morgan fingerprint density at radius 2 is 2.12 bits per heavy atom. The number of nitrogens with zero attached hydrogens (tertiary/aromatic N) is 2. The van der Waals surface area contributed by atoms with E-state index in [1.54, 1.807) is 10.9 Å². The summed E-state index contributed by atoms with van der Waals surface area (Å²) in [6.07, 6.45) is 1.88. The van der Waals surface area contributed by atoms with Crippen molar-refractivity contribution in [3.05, 3.63) is 28.7 Å². The molecule has 0 atom stereocenters. The molecule has 1 heterocycles. The first-order chi connectivity index (χ1) is 8.20. The van der Waals surface area contributed by atoms with Crippen molar-refractivity contribution in [3.63, 3.8) is 0 Å². The summed E-state index contributed by atoms with van der Waals surface area (Å²) >= 11 is 0. The number of piperidine rings is 1. The van der Waals surface area contributed by atoms with E-state index in [1.165, 1.54) is 0 Å². The lowest BCUT2D eigenvalue weighted by Crippen LogP contribution is -2.36. The van der Waals surface area contributed by atoms with Crippen LogP contribution in [-0.4, -0.2) is 32.0 Å². The fraction of sp³-hybridized carbons (Fsp3) is 0.500. The molecule has 0 aromatic heterocycles. The fourth-order valence-corrected chi connectivity index (χ4v) is 2.02. The van der Waals surface area contributed by atoms with Crippen LogP contribution in [0.2, 0.25) is 0 Å². The molecule has 1 fully saturated rings. The molecule has 1 aliphatic rings. The Kier molecular flexibility index (Phi) is 3.79. The van der Waals surface area contributed by atoms with E-state index in [2.05, 4.69) is 5.18 Å². The zero-order valence-electron chi connectivity index (χ0n) is 9.93. The first-order valence-corrected chi connectivity index (χ1v) is 5.80. The number of rotatable bonds is 3. The average molecular weight is 230 g/mol. The normalized spacial score (nSPS) is 17.9. The second-order valence-electron chi connectivity index (χ2n) is 4.37. The van der Waals surface area contributed by atoms with Crippen LogP contribution in [0, 0.1) is 11.8 Å². The van der Waals surface area contributed by atoms with Crippen molar-refractivity contribution in [2.75, 3.05) is 13.1 Å². The van der Waals surface area contributed by atoms with Gasteiger partial charge in [-0.1, -0.05) is 12.1 Å². The number of hydrogen-bond acceptors (Lipinski definition) is 4. The van der Waals surface area contributed by atoms with Gasteiger partial charge in [-0.25, -0.2) is 0 Å². The summed E-state index contributed by atoms with van der Waals surface area (Å²) in [5.41, 5.74) is 1.25. The molecule has 17 heavy (non-hydrogen) atoms. The van der Waals surface area contributed by atoms with E-state index in [1.807, 2.05) is 19.1 Å². The maximum atomic E-state index is 10.8. The Morgan fingerprint density at radius 1 is 1.41 bits per heavy atom. The van der Waals surface area contributed by atoms with Gasteiger partial charge in [-0.2, -0.15) is 0 Å². The molecule has 0 N–H and O–H groups in total. The lowest BCUT2D eigenvalue weighted by atomic mass is 10.0. The van der Waals surface area contributed by atoms with Crippen molar-refractivity contribution in [3.8, 4) is 5.75 Å². The molecule has 0 bridgehead atoms. The molecule has 1 aromatic rings. The summed E-state index contributed by atoms with van der Waals surface area (Å²) in [6.45, 7) is 3.49. The first-order valence-electron chi connectivity index (χ1n) is 5.80. The first kappa shape index (κ1) is 12.1. The third-order valence-electron chi connectivity index (χ3n) is 3.06. The fourth-order valence-electron chi connectivity index (χ4n) is 2.02. The topological polar surface area (TPSA) is 41.9 Å².